The van der Waals surface area contributed by atoms with Gasteiger partial charge in [0.05, 0.1) is 12.6 Å². The predicted molar refractivity (Wildman–Crippen MR) is 100 cm³/mol. The van der Waals surface area contributed by atoms with Gasteiger partial charge in [0.1, 0.15) is 0 Å². The van der Waals surface area contributed by atoms with Crippen LogP contribution in [0.5, 0.6) is 11.5 Å². The van der Waals surface area contributed by atoms with Crippen molar-refractivity contribution in [1.29, 1.82) is 0 Å². The third-order valence-electron chi connectivity index (χ3n) is 4.60. The largest absolute Gasteiger partial charge is 0.490 e. The van der Waals surface area contributed by atoms with Gasteiger partial charge in [-0.1, -0.05) is 37.3 Å². The quantitative estimate of drug-likeness (QED) is 0.810. The number of carbonyl (C=O) groups is 2. The summed E-state index contributed by atoms with van der Waals surface area (Å²) in [4.78, 5) is 25.6. The summed E-state index contributed by atoms with van der Waals surface area (Å²) in [5.41, 5.74) is 1.62. The van der Waals surface area contributed by atoms with Crippen molar-refractivity contribution in [2.75, 3.05) is 19.8 Å². The van der Waals surface area contributed by atoms with Crippen molar-refractivity contribution >= 4 is 11.9 Å². The number of carboxylic acids is 1. The smallest absolute Gasteiger partial charge is 0.341 e. The van der Waals surface area contributed by atoms with Crippen LogP contribution in [0.3, 0.4) is 0 Å². The molecule has 0 spiro atoms. The van der Waals surface area contributed by atoms with E-state index in [-0.39, 0.29) is 11.9 Å². The van der Waals surface area contributed by atoms with Crippen molar-refractivity contribution in [3.63, 3.8) is 0 Å². The molecule has 6 heteroatoms. The Morgan fingerprint density at radius 3 is 2.48 bits per heavy atom. The highest BCUT2D eigenvalue weighted by atomic mass is 16.5. The second kappa shape index (κ2) is 8.12. The van der Waals surface area contributed by atoms with E-state index in [2.05, 4.69) is 6.92 Å². The molecule has 6 nitrogen and oxygen atoms in total. The molecule has 1 aliphatic rings. The summed E-state index contributed by atoms with van der Waals surface area (Å²) in [6, 6.07) is 14.9. The normalized spacial score (nSPS) is 18.5. The number of benzene rings is 2. The topological polar surface area (TPSA) is 76.1 Å². The lowest BCUT2D eigenvalue weighted by atomic mass is 9.84. The number of hydrogen-bond acceptors (Lipinski definition) is 4. The zero-order chi connectivity index (χ0) is 19.4. The molecule has 1 fully saturated rings. The van der Waals surface area contributed by atoms with Gasteiger partial charge in [0.15, 0.2) is 18.1 Å². The molecule has 0 radical (unpaired) electrons. The number of hydrogen-bond donors (Lipinski definition) is 1. The van der Waals surface area contributed by atoms with E-state index in [4.69, 9.17) is 14.6 Å². The van der Waals surface area contributed by atoms with Gasteiger partial charge in [0, 0.05) is 12.1 Å². The number of nitrogens with zero attached hydrogens (tertiary/aromatic N) is 1. The second-order valence-corrected chi connectivity index (χ2v) is 6.57. The monoisotopic (exact) mass is 369 g/mol. The Balaban J connectivity index is 1.81. The fraction of sp³-hybridized carbons (Fsp3) is 0.333. The molecule has 142 valence electrons. The summed E-state index contributed by atoms with van der Waals surface area (Å²) in [5, 5.41) is 8.79. The van der Waals surface area contributed by atoms with Crippen molar-refractivity contribution < 1.29 is 24.2 Å². The highest BCUT2D eigenvalue weighted by Crippen LogP contribution is 2.40. The molecule has 1 heterocycles. The molecule has 0 aromatic heterocycles. The number of carboxylic acid groups (broad SMARTS) is 1. The first-order valence-electron chi connectivity index (χ1n) is 8.98. The van der Waals surface area contributed by atoms with Gasteiger partial charge in [-0.2, -0.15) is 0 Å². The standard InChI is InChI=1S/C21H23NO5/c1-3-26-18-11-16(9-10-17(18)27-13-19(23)24)21(25)22-12-14(2)20(22)15-7-5-4-6-8-15/h4-11,14,20H,3,12-13H2,1-2H3,(H,23,24). The van der Waals surface area contributed by atoms with Crippen LogP contribution in [0.2, 0.25) is 0 Å². The molecule has 2 aromatic rings. The third-order valence-corrected chi connectivity index (χ3v) is 4.60. The van der Waals surface area contributed by atoms with Gasteiger partial charge < -0.3 is 19.5 Å². The van der Waals surface area contributed by atoms with E-state index in [1.165, 1.54) is 0 Å². The molecule has 3 rings (SSSR count). The molecule has 1 aliphatic heterocycles. The van der Waals surface area contributed by atoms with Gasteiger partial charge in [-0.25, -0.2) is 4.79 Å². The second-order valence-electron chi connectivity index (χ2n) is 6.57. The Kier molecular flexibility index (Phi) is 5.64. The highest BCUT2D eigenvalue weighted by molar-refractivity contribution is 5.95. The van der Waals surface area contributed by atoms with E-state index < -0.39 is 12.6 Å². The summed E-state index contributed by atoms with van der Waals surface area (Å²) in [5.74, 6) is -0.0757. The van der Waals surface area contributed by atoms with E-state index in [9.17, 15) is 9.59 Å². The van der Waals surface area contributed by atoms with E-state index in [1.807, 2.05) is 42.2 Å². The van der Waals surface area contributed by atoms with Crippen LogP contribution in [-0.4, -0.2) is 41.6 Å². The van der Waals surface area contributed by atoms with Gasteiger partial charge in [-0.3, -0.25) is 4.79 Å². The molecular formula is C21H23NO5. The SMILES string of the molecule is CCOc1cc(C(=O)N2CC(C)C2c2ccccc2)ccc1OCC(=O)O. The van der Waals surface area contributed by atoms with Crippen LogP contribution in [0.15, 0.2) is 48.5 Å². The first kappa shape index (κ1) is 18.8. The molecule has 1 saturated heterocycles. The number of ether oxygens (including phenoxy) is 2. The van der Waals surface area contributed by atoms with Crippen LogP contribution in [0.1, 0.15) is 35.8 Å². The Labute approximate surface area is 158 Å². The first-order valence-corrected chi connectivity index (χ1v) is 8.98. The van der Waals surface area contributed by atoms with Crippen molar-refractivity contribution in [2.24, 2.45) is 5.92 Å². The van der Waals surface area contributed by atoms with Crippen LogP contribution in [0, 0.1) is 5.92 Å². The maximum absolute atomic E-state index is 13.0. The molecule has 2 atom stereocenters. The average molecular weight is 369 g/mol. The van der Waals surface area contributed by atoms with Crippen molar-refractivity contribution in [3.8, 4) is 11.5 Å². The summed E-state index contributed by atoms with van der Waals surface area (Å²) >= 11 is 0. The molecule has 0 bridgehead atoms. The maximum atomic E-state index is 13.0. The van der Waals surface area contributed by atoms with Crippen LogP contribution in [-0.2, 0) is 4.79 Å². The van der Waals surface area contributed by atoms with Gasteiger partial charge in [0.2, 0.25) is 0 Å². The summed E-state index contributed by atoms with van der Waals surface area (Å²) in [6.07, 6.45) is 0. The molecule has 0 aliphatic carbocycles. The van der Waals surface area contributed by atoms with E-state index in [1.54, 1.807) is 18.2 Å². The zero-order valence-corrected chi connectivity index (χ0v) is 15.4. The first-order chi connectivity index (χ1) is 13.0. The molecule has 1 amide bonds. The van der Waals surface area contributed by atoms with Crippen LogP contribution >= 0.6 is 0 Å². The van der Waals surface area contributed by atoms with Gasteiger partial charge >= 0.3 is 5.97 Å². The fourth-order valence-electron chi connectivity index (χ4n) is 3.39. The minimum atomic E-state index is -1.07. The van der Waals surface area contributed by atoms with Crippen molar-refractivity contribution in [1.82, 2.24) is 4.90 Å². The van der Waals surface area contributed by atoms with E-state index >= 15 is 0 Å². The summed E-state index contributed by atoms with van der Waals surface area (Å²) in [7, 11) is 0. The lowest BCUT2D eigenvalue weighted by Crippen LogP contribution is -2.51. The Morgan fingerprint density at radius 1 is 1.11 bits per heavy atom. The maximum Gasteiger partial charge on any atom is 0.341 e. The van der Waals surface area contributed by atoms with Crippen molar-refractivity contribution in [3.05, 3.63) is 59.7 Å². The molecule has 27 heavy (non-hydrogen) atoms. The minimum Gasteiger partial charge on any atom is -0.490 e. The van der Waals surface area contributed by atoms with Crippen LogP contribution in [0.25, 0.3) is 0 Å². The highest BCUT2D eigenvalue weighted by Gasteiger charge is 2.40. The summed E-state index contributed by atoms with van der Waals surface area (Å²) in [6.45, 7) is 4.56. The lowest BCUT2D eigenvalue weighted by molar-refractivity contribution is -0.139. The molecule has 1 N–H and O–H groups in total. The third kappa shape index (κ3) is 4.05. The van der Waals surface area contributed by atoms with Gasteiger partial charge in [0.25, 0.3) is 5.91 Å². The number of carbonyl (C=O) groups excluding carboxylic acids is 1. The van der Waals surface area contributed by atoms with Gasteiger partial charge in [-0.05, 0) is 36.6 Å². The fourth-order valence-corrected chi connectivity index (χ4v) is 3.39. The van der Waals surface area contributed by atoms with E-state index in [0.717, 1.165) is 5.56 Å². The minimum absolute atomic E-state index is 0.0529. The molecule has 0 saturated carbocycles. The number of aliphatic carboxylic acids is 1. The van der Waals surface area contributed by atoms with Crippen molar-refractivity contribution in [2.45, 2.75) is 19.9 Å². The molecule has 2 aromatic carbocycles. The predicted octanol–water partition coefficient (Wildman–Crippen LogP) is 3.38. The number of likely N-dealkylation sites (tertiary alicyclic amines) is 1. The van der Waals surface area contributed by atoms with E-state index in [0.29, 0.717) is 36.1 Å². The van der Waals surface area contributed by atoms with Gasteiger partial charge in [-0.15, -0.1) is 0 Å². The Bertz CT molecular complexity index is 821. The van der Waals surface area contributed by atoms with Crippen LogP contribution < -0.4 is 9.47 Å². The molecular weight excluding hydrogens is 346 g/mol. The lowest BCUT2D eigenvalue weighted by Gasteiger charge is -2.47. The zero-order valence-electron chi connectivity index (χ0n) is 15.4. The molecule has 2 unspecified atom stereocenters. The summed E-state index contributed by atoms with van der Waals surface area (Å²) < 4.78 is 10.8. The van der Waals surface area contributed by atoms with Crippen LogP contribution in [0.4, 0.5) is 0 Å². The number of rotatable bonds is 7. The Morgan fingerprint density at radius 2 is 1.85 bits per heavy atom. The Hall–Kier alpha value is -3.02. The number of amides is 1. The average Bonchev–Trinajstić information content (AvgIpc) is 2.65.